The van der Waals surface area contributed by atoms with Crippen molar-refractivity contribution in [3.63, 3.8) is 0 Å². The second-order valence-corrected chi connectivity index (χ2v) is 3.31. The van der Waals surface area contributed by atoms with E-state index in [1.165, 1.54) is 13.3 Å². The van der Waals surface area contributed by atoms with Gasteiger partial charge in [-0.2, -0.15) is 0 Å². The second kappa shape index (κ2) is 4.72. The summed E-state index contributed by atoms with van der Waals surface area (Å²) in [5.74, 6) is 0.0963. The molecular formula is C10H14N2O3. The Kier molecular flexibility index (Phi) is 3.60. The average Bonchev–Trinajstić information content (AvgIpc) is 2.26. The lowest BCUT2D eigenvalue weighted by Crippen LogP contribution is -2.21. The number of carbonyl (C=O) groups is 1. The summed E-state index contributed by atoms with van der Waals surface area (Å²) >= 11 is 0. The van der Waals surface area contributed by atoms with Crippen molar-refractivity contribution in [3.05, 3.63) is 27.9 Å². The fourth-order valence-corrected chi connectivity index (χ4v) is 1.11. The van der Waals surface area contributed by atoms with E-state index in [0.29, 0.717) is 5.82 Å². The quantitative estimate of drug-likeness (QED) is 0.757. The molecule has 1 N–H and O–H groups in total. The molecule has 1 heterocycles. The highest BCUT2D eigenvalue weighted by atomic mass is 16.5. The van der Waals surface area contributed by atoms with E-state index in [1.54, 1.807) is 0 Å². The molecule has 1 aromatic rings. The SMILES string of the molecule is CCC(C)c1ncc(C(=O)OC)c(=O)[nH]1. The number of aromatic amines is 1. The van der Waals surface area contributed by atoms with Gasteiger partial charge >= 0.3 is 5.97 Å². The van der Waals surface area contributed by atoms with Crippen LogP contribution in [0.2, 0.25) is 0 Å². The van der Waals surface area contributed by atoms with Crippen LogP contribution in [-0.2, 0) is 4.74 Å². The molecule has 0 bridgehead atoms. The molecule has 0 spiro atoms. The first kappa shape index (κ1) is 11.4. The molecule has 0 fully saturated rings. The molecule has 1 aromatic heterocycles. The summed E-state index contributed by atoms with van der Waals surface area (Å²) < 4.78 is 4.44. The normalized spacial score (nSPS) is 12.2. The van der Waals surface area contributed by atoms with E-state index in [4.69, 9.17) is 0 Å². The van der Waals surface area contributed by atoms with Crippen LogP contribution in [0, 0.1) is 0 Å². The number of H-pyrrole nitrogens is 1. The molecule has 1 atom stereocenters. The Labute approximate surface area is 87.5 Å². The Morgan fingerprint density at radius 3 is 2.80 bits per heavy atom. The van der Waals surface area contributed by atoms with Crippen molar-refractivity contribution in [2.24, 2.45) is 0 Å². The van der Waals surface area contributed by atoms with Gasteiger partial charge in [0.1, 0.15) is 11.4 Å². The highest BCUT2D eigenvalue weighted by Crippen LogP contribution is 2.11. The fourth-order valence-electron chi connectivity index (χ4n) is 1.11. The molecule has 0 aromatic carbocycles. The summed E-state index contributed by atoms with van der Waals surface area (Å²) in [6.07, 6.45) is 2.13. The van der Waals surface area contributed by atoms with Crippen molar-refractivity contribution < 1.29 is 9.53 Å². The second-order valence-electron chi connectivity index (χ2n) is 3.31. The van der Waals surface area contributed by atoms with Gasteiger partial charge in [0.05, 0.1) is 7.11 Å². The molecule has 1 unspecified atom stereocenters. The summed E-state index contributed by atoms with van der Waals surface area (Å²) in [7, 11) is 1.23. The number of rotatable bonds is 3. The third-order valence-electron chi connectivity index (χ3n) is 2.30. The molecule has 0 saturated heterocycles. The number of aromatic nitrogens is 2. The van der Waals surface area contributed by atoms with Crippen molar-refractivity contribution >= 4 is 5.97 Å². The molecule has 0 amide bonds. The van der Waals surface area contributed by atoms with Crippen LogP contribution in [0.5, 0.6) is 0 Å². The maximum absolute atomic E-state index is 11.5. The third kappa shape index (κ3) is 2.43. The minimum atomic E-state index is -0.667. The van der Waals surface area contributed by atoms with Gasteiger partial charge in [-0.3, -0.25) is 4.79 Å². The Morgan fingerprint density at radius 1 is 1.67 bits per heavy atom. The minimum absolute atomic E-state index is 0.0652. The molecule has 5 nitrogen and oxygen atoms in total. The van der Waals surface area contributed by atoms with E-state index in [-0.39, 0.29) is 11.5 Å². The summed E-state index contributed by atoms with van der Waals surface area (Å²) in [4.78, 5) is 29.2. The van der Waals surface area contributed by atoms with Gasteiger partial charge in [0.2, 0.25) is 0 Å². The Balaban J connectivity index is 3.09. The average molecular weight is 210 g/mol. The van der Waals surface area contributed by atoms with Crippen molar-refractivity contribution in [2.45, 2.75) is 26.2 Å². The Hall–Kier alpha value is -1.65. The molecule has 0 radical (unpaired) electrons. The van der Waals surface area contributed by atoms with E-state index in [0.717, 1.165) is 6.42 Å². The first-order valence-corrected chi connectivity index (χ1v) is 4.77. The first-order chi connectivity index (χ1) is 7.10. The number of ether oxygens (including phenoxy) is 1. The topological polar surface area (TPSA) is 72.0 Å². The smallest absolute Gasteiger partial charge is 0.345 e. The van der Waals surface area contributed by atoms with Gasteiger partial charge in [-0.05, 0) is 6.42 Å². The van der Waals surface area contributed by atoms with Gasteiger partial charge in [0, 0.05) is 12.1 Å². The molecule has 0 aliphatic heterocycles. The summed E-state index contributed by atoms with van der Waals surface area (Å²) in [5.41, 5.74) is -0.517. The number of carbonyl (C=O) groups excluding carboxylic acids is 1. The van der Waals surface area contributed by atoms with Gasteiger partial charge < -0.3 is 9.72 Å². The van der Waals surface area contributed by atoms with Crippen LogP contribution >= 0.6 is 0 Å². The number of esters is 1. The zero-order chi connectivity index (χ0) is 11.4. The van der Waals surface area contributed by atoms with Gasteiger partial charge in [-0.15, -0.1) is 0 Å². The van der Waals surface area contributed by atoms with E-state index >= 15 is 0 Å². The fraction of sp³-hybridized carbons (Fsp3) is 0.500. The van der Waals surface area contributed by atoms with E-state index < -0.39 is 11.5 Å². The van der Waals surface area contributed by atoms with Crippen LogP contribution in [0.15, 0.2) is 11.0 Å². The van der Waals surface area contributed by atoms with Crippen molar-refractivity contribution in [2.75, 3.05) is 7.11 Å². The van der Waals surface area contributed by atoms with Crippen molar-refractivity contribution in [1.29, 1.82) is 0 Å². The van der Waals surface area contributed by atoms with Gasteiger partial charge in [-0.25, -0.2) is 9.78 Å². The maximum atomic E-state index is 11.5. The molecule has 0 aliphatic carbocycles. The molecule has 0 saturated carbocycles. The number of nitrogens with zero attached hydrogens (tertiary/aromatic N) is 1. The largest absolute Gasteiger partial charge is 0.465 e. The number of methoxy groups -OCH3 is 1. The maximum Gasteiger partial charge on any atom is 0.345 e. The van der Waals surface area contributed by atoms with E-state index in [1.807, 2.05) is 13.8 Å². The number of hydrogen-bond donors (Lipinski definition) is 1. The minimum Gasteiger partial charge on any atom is -0.465 e. The third-order valence-corrected chi connectivity index (χ3v) is 2.30. The number of hydrogen-bond acceptors (Lipinski definition) is 4. The van der Waals surface area contributed by atoms with Gasteiger partial charge in [0.15, 0.2) is 0 Å². The Morgan fingerprint density at radius 2 is 2.33 bits per heavy atom. The van der Waals surface area contributed by atoms with Gasteiger partial charge in [-0.1, -0.05) is 13.8 Å². The molecule has 82 valence electrons. The predicted molar refractivity (Wildman–Crippen MR) is 54.9 cm³/mol. The van der Waals surface area contributed by atoms with Crippen LogP contribution in [-0.4, -0.2) is 23.0 Å². The monoisotopic (exact) mass is 210 g/mol. The lowest BCUT2D eigenvalue weighted by Gasteiger charge is -2.07. The zero-order valence-electron chi connectivity index (χ0n) is 9.03. The summed E-state index contributed by atoms with van der Waals surface area (Å²) in [5, 5.41) is 0. The van der Waals surface area contributed by atoms with Crippen LogP contribution in [0.3, 0.4) is 0 Å². The van der Waals surface area contributed by atoms with Gasteiger partial charge in [0.25, 0.3) is 5.56 Å². The molecule has 0 aliphatic rings. The lowest BCUT2D eigenvalue weighted by molar-refractivity contribution is 0.0598. The van der Waals surface area contributed by atoms with Crippen LogP contribution in [0.25, 0.3) is 0 Å². The van der Waals surface area contributed by atoms with E-state index in [9.17, 15) is 9.59 Å². The van der Waals surface area contributed by atoms with E-state index in [2.05, 4.69) is 14.7 Å². The molecule has 15 heavy (non-hydrogen) atoms. The highest BCUT2D eigenvalue weighted by Gasteiger charge is 2.13. The summed E-state index contributed by atoms with van der Waals surface area (Å²) in [6.45, 7) is 3.95. The van der Waals surface area contributed by atoms with Crippen molar-refractivity contribution in [1.82, 2.24) is 9.97 Å². The first-order valence-electron chi connectivity index (χ1n) is 4.77. The highest BCUT2D eigenvalue weighted by molar-refractivity contribution is 5.88. The van der Waals surface area contributed by atoms with Crippen molar-refractivity contribution in [3.8, 4) is 0 Å². The van der Waals surface area contributed by atoms with Crippen LogP contribution < -0.4 is 5.56 Å². The van der Waals surface area contributed by atoms with Crippen LogP contribution in [0.1, 0.15) is 42.4 Å². The molecular weight excluding hydrogens is 196 g/mol. The Bertz CT molecular complexity index is 411. The molecule has 1 rings (SSSR count). The standard InChI is InChI=1S/C10H14N2O3/c1-4-6(2)8-11-5-7(9(13)12-8)10(14)15-3/h5-6H,4H2,1-3H3,(H,11,12,13). The lowest BCUT2D eigenvalue weighted by atomic mass is 10.1. The summed E-state index contributed by atoms with van der Waals surface area (Å²) in [6, 6.07) is 0. The zero-order valence-corrected chi connectivity index (χ0v) is 9.03. The predicted octanol–water partition coefficient (Wildman–Crippen LogP) is 1.07. The molecule has 5 heteroatoms. The van der Waals surface area contributed by atoms with Crippen LogP contribution in [0.4, 0.5) is 0 Å². The number of nitrogens with one attached hydrogen (secondary N) is 1.